The molecule has 0 saturated heterocycles. The van der Waals surface area contributed by atoms with E-state index in [-0.39, 0.29) is 5.91 Å². The standard InChI is InChI=1S/C20H23N3O2/c1-2-20(24)22(18-7-6-16-13-25-14-17(16)10-18)12-19-8-9-21-23(19)11-15-4-3-5-15/h2,6-10,15H,1,3-5,11-14H2. The first kappa shape index (κ1) is 16.1. The maximum Gasteiger partial charge on any atom is 0.250 e. The van der Waals surface area contributed by atoms with Gasteiger partial charge in [0.2, 0.25) is 0 Å². The van der Waals surface area contributed by atoms with Crippen molar-refractivity contribution in [2.75, 3.05) is 4.90 Å². The summed E-state index contributed by atoms with van der Waals surface area (Å²) in [5.74, 6) is 0.620. The Labute approximate surface area is 147 Å². The van der Waals surface area contributed by atoms with Crippen molar-refractivity contribution in [3.8, 4) is 0 Å². The summed E-state index contributed by atoms with van der Waals surface area (Å²) in [7, 11) is 0. The summed E-state index contributed by atoms with van der Waals surface area (Å²) < 4.78 is 7.53. The molecule has 2 aromatic rings. The Morgan fingerprint density at radius 3 is 2.92 bits per heavy atom. The maximum absolute atomic E-state index is 12.5. The van der Waals surface area contributed by atoms with Crippen LogP contribution >= 0.6 is 0 Å². The van der Waals surface area contributed by atoms with Gasteiger partial charge in [0.1, 0.15) is 0 Å². The van der Waals surface area contributed by atoms with E-state index in [0.29, 0.717) is 19.8 Å². The van der Waals surface area contributed by atoms with Gasteiger partial charge in [-0.05, 0) is 54.2 Å². The summed E-state index contributed by atoms with van der Waals surface area (Å²) in [5, 5.41) is 4.46. The summed E-state index contributed by atoms with van der Waals surface area (Å²) in [4.78, 5) is 14.3. The summed E-state index contributed by atoms with van der Waals surface area (Å²) in [6, 6.07) is 8.09. The first-order valence-electron chi connectivity index (χ1n) is 8.89. The third-order valence-corrected chi connectivity index (χ3v) is 5.24. The molecule has 0 spiro atoms. The van der Waals surface area contributed by atoms with Crippen molar-refractivity contribution in [1.29, 1.82) is 0 Å². The first-order chi connectivity index (χ1) is 12.2. The Bertz CT molecular complexity index is 792. The van der Waals surface area contributed by atoms with E-state index in [1.807, 2.05) is 29.1 Å². The van der Waals surface area contributed by atoms with E-state index in [9.17, 15) is 4.79 Å². The van der Waals surface area contributed by atoms with Gasteiger partial charge in [0.05, 0.1) is 25.5 Å². The van der Waals surface area contributed by atoms with Gasteiger partial charge in [0.15, 0.2) is 0 Å². The van der Waals surface area contributed by atoms with E-state index in [0.717, 1.165) is 29.4 Å². The van der Waals surface area contributed by atoms with Gasteiger partial charge in [0, 0.05) is 18.4 Å². The van der Waals surface area contributed by atoms with Crippen molar-refractivity contribution in [3.63, 3.8) is 0 Å². The Morgan fingerprint density at radius 1 is 1.32 bits per heavy atom. The number of anilines is 1. The van der Waals surface area contributed by atoms with Crippen LogP contribution in [0.1, 0.15) is 36.1 Å². The van der Waals surface area contributed by atoms with Crippen LogP contribution < -0.4 is 4.90 Å². The largest absolute Gasteiger partial charge is 0.372 e. The predicted molar refractivity (Wildman–Crippen MR) is 95.9 cm³/mol. The van der Waals surface area contributed by atoms with Crippen LogP contribution in [0.15, 0.2) is 43.1 Å². The predicted octanol–water partition coefficient (Wildman–Crippen LogP) is 3.43. The first-order valence-corrected chi connectivity index (χ1v) is 8.89. The van der Waals surface area contributed by atoms with E-state index >= 15 is 0 Å². The van der Waals surface area contributed by atoms with Crippen LogP contribution in [0.2, 0.25) is 0 Å². The number of hydrogen-bond donors (Lipinski definition) is 0. The molecule has 0 atom stereocenters. The number of nitrogens with zero attached hydrogens (tertiary/aromatic N) is 3. The Hall–Kier alpha value is -2.40. The van der Waals surface area contributed by atoms with E-state index in [4.69, 9.17) is 4.74 Å². The highest BCUT2D eigenvalue weighted by molar-refractivity contribution is 6.01. The quantitative estimate of drug-likeness (QED) is 0.759. The minimum Gasteiger partial charge on any atom is -0.372 e. The molecule has 1 aliphatic carbocycles. The van der Waals surface area contributed by atoms with Crippen LogP contribution in [-0.2, 0) is 35.8 Å². The third-order valence-electron chi connectivity index (χ3n) is 5.24. The summed E-state index contributed by atoms with van der Waals surface area (Å²) in [6.07, 6.45) is 7.07. The monoisotopic (exact) mass is 337 g/mol. The zero-order valence-electron chi connectivity index (χ0n) is 14.4. The van der Waals surface area contributed by atoms with Gasteiger partial charge >= 0.3 is 0 Å². The molecule has 0 bridgehead atoms. The molecule has 4 rings (SSSR count). The highest BCUT2D eigenvalue weighted by atomic mass is 16.5. The summed E-state index contributed by atoms with van der Waals surface area (Å²) >= 11 is 0. The number of carbonyl (C=O) groups is 1. The zero-order chi connectivity index (χ0) is 17.2. The van der Waals surface area contributed by atoms with Crippen molar-refractivity contribution in [2.24, 2.45) is 5.92 Å². The van der Waals surface area contributed by atoms with Crippen LogP contribution in [0.3, 0.4) is 0 Å². The van der Waals surface area contributed by atoms with Crippen LogP contribution in [0, 0.1) is 5.92 Å². The number of hydrogen-bond acceptors (Lipinski definition) is 3. The molecule has 1 aromatic heterocycles. The molecule has 1 saturated carbocycles. The van der Waals surface area contributed by atoms with Gasteiger partial charge in [-0.15, -0.1) is 0 Å². The van der Waals surface area contributed by atoms with E-state index in [1.165, 1.54) is 30.9 Å². The molecule has 1 aromatic carbocycles. The number of amides is 1. The lowest BCUT2D eigenvalue weighted by Crippen LogP contribution is -2.30. The second-order valence-electron chi connectivity index (χ2n) is 6.88. The van der Waals surface area contributed by atoms with Crippen LogP contribution in [0.5, 0.6) is 0 Å². The second kappa shape index (κ2) is 6.84. The Kier molecular flexibility index (Phi) is 4.40. The molecular weight excluding hydrogens is 314 g/mol. The molecule has 1 amide bonds. The molecule has 2 aliphatic rings. The topological polar surface area (TPSA) is 47.4 Å². The lowest BCUT2D eigenvalue weighted by molar-refractivity contribution is -0.114. The molecule has 1 aliphatic heterocycles. The summed E-state index contributed by atoms with van der Waals surface area (Å²) in [5.41, 5.74) is 4.29. The minimum absolute atomic E-state index is 0.102. The molecule has 25 heavy (non-hydrogen) atoms. The number of rotatable bonds is 6. The van der Waals surface area contributed by atoms with Crippen molar-refractivity contribution >= 4 is 11.6 Å². The molecule has 5 nitrogen and oxygen atoms in total. The van der Waals surface area contributed by atoms with E-state index in [2.05, 4.69) is 17.7 Å². The smallest absolute Gasteiger partial charge is 0.250 e. The summed E-state index contributed by atoms with van der Waals surface area (Å²) in [6.45, 7) is 6.36. The SMILES string of the molecule is C=CC(=O)N(Cc1ccnn1CC1CCC1)c1ccc2c(c1)COC2. The number of carbonyl (C=O) groups excluding carboxylic acids is 1. The van der Waals surface area contributed by atoms with Crippen LogP contribution in [0.25, 0.3) is 0 Å². The molecule has 0 unspecified atom stereocenters. The molecule has 130 valence electrons. The number of aromatic nitrogens is 2. The van der Waals surface area contributed by atoms with Crippen molar-refractivity contribution in [1.82, 2.24) is 9.78 Å². The van der Waals surface area contributed by atoms with Crippen molar-refractivity contribution in [2.45, 2.75) is 45.6 Å². The van der Waals surface area contributed by atoms with E-state index < -0.39 is 0 Å². The van der Waals surface area contributed by atoms with Gasteiger partial charge in [-0.1, -0.05) is 19.1 Å². The van der Waals surface area contributed by atoms with Crippen LogP contribution in [-0.4, -0.2) is 15.7 Å². The minimum atomic E-state index is -0.102. The highest BCUT2D eigenvalue weighted by Gasteiger charge is 2.22. The molecule has 5 heteroatoms. The maximum atomic E-state index is 12.5. The van der Waals surface area contributed by atoms with Gasteiger partial charge in [-0.25, -0.2) is 0 Å². The molecule has 1 fully saturated rings. The van der Waals surface area contributed by atoms with Gasteiger partial charge in [-0.2, -0.15) is 5.10 Å². The average Bonchev–Trinajstić information content (AvgIpc) is 3.23. The molecular formula is C20H23N3O2. The molecule has 0 N–H and O–H groups in total. The lowest BCUT2D eigenvalue weighted by atomic mass is 9.85. The van der Waals surface area contributed by atoms with Crippen molar-refractivity contribution < 1.29 is 9.53 Å². The average molecular weight is 337 g/mol. The fourth-order valence-electron chi connectivity index (χ4n) is 3.47. The second-order valence-corrected chi connectivity index (χ2v) is 6.88. The third kappa shape index (κ3) is 3.24. The molecule has 0 radical (unpaired) electrons. The highest BCUT2D eigenvalue weighted by Crippen LogP contribution is 2.29. The number of benzene rings is 1. The van der Waals surface area contributed by atoms with Gasteiger partial charge in [0.25, 0.3) is 5.91 Å². The lowest BCUT2D eigenvalue weighted by Gasteiger charge is -2.27. The van der Waals surface area contributed by atoms with Gasteiger partial charge < -0.3 is 9.64 Å². The van der Waals surface area contributed by atoms with Crippen molar-refractivity contribution in [3.05, 3.63) is 59.9 Å². The Morgan fingerprint density at radius 2 is 2.16 bits per heavy atom. The fourth-order valence-corrected chi connectivity index (χ4v) is 3.47. The number of ether oxygens (including phenoxy) is 1. The zero-order valence-corrected chi connectivity index (χ0v) is 14.4. The van der Waals surface area contributed by atoms with Crippen LogP contribution in [0.4, 0.5) is 5.69 Å². The van der Waals surface area contributed by atoms with Gasteiger partial charge in [-0.3, -0.25) is 9.48 Å². The molecule has 2 heterocycles. The Balaban J connectivity index is 1.59. The number of fused-ring (bicyclic) bond motifs is 1. The van der Waals surface area contributed by atoms with E-state index in [1.54, 1.807) is 4.90 Å². The normalized spacial score (nSPS) is 16.3. The fraction of sp³-hybridized carbons (Fsp3) is 0.400.